The van der Waals surface area contributed by atoms with Crippen LogP contribution in [0.3, 0.4) is 0 Å². The second-order valence-corrected chi connectivity index (χ2v) is 11.8. The zero-order chi connectivity index (χ0) is 32.8. The fraction of sp³-hybridized carbons (Fsp3) is 0.407. The van der Waals surface area contributed by atoms with Gasteiger partial charge in [-0.2, -0.15) is 13.2 Å². The Bertz CT molecular complexity index is 1580. The van der Waals surface area contributed by atoms with Crippen LogP contribution in [0, 0.1) is 0 Å². The molecule has 18 heteroatoms. The lowest BCUT2D eigenvalue weighted by Crippen LogP contribution is -2.46. The highest BCUT2D eigenvalue weighted by Gasteiger charge is 2.32. The van der Waals surface area contributed by atoms with E-state index in [4.69, 9.17) is 4.74 Å². The molecule has 1 N–H and O–H groups in total. The quantitative estimate of drug-likeness (QED) is 0.299. The maximum atomic E-state index is 13.1. The topological polar surface area (TPSA) is 127 Å². The van der Waals surface area contributed by atoms with Crippen LogP contribution in [0.2, 0.25) is 0 Å². The average molecular weight is 663 g/mol. The number of sulfonamides is 1. The Balaban J connectivity index is 1.39. The standard InChI is InChI=1S/C27H28F6N6O5S/c1-2-43-22-14-20(15-34-16-22)19-11-18(12-21(13-19)44-27(31,32)33)17-38-6-8-39(9-7-38)24-4-3-23(35-36-24)25(40)37-45(41,42)10-5-26(28,29)30/h3-4,11-16H,2,5-10,17H2,1H3,(H,37,40). The molecule has 1 fully saturated rings. The molecule has 0 radical (unpaired) electrons. The third-order valence-corrected chi connectivity index (χ3v) is 7.68. The Morgan fingerprint density at radius 2 is 1.64 bits per heavy atom. The molecule has 3 heterocycles. The number of carbonyl (C=O) groups is 1. The van der Waals surface area contributed by atoms with Gasteiger partial charge in [0.1, 0.15) is 11.5 Å². The van der Waals surface area contributed by atoms with Crippen LogP contribution in [0.25, 0.3) is 11.1 Å². The van der Waals surface area contributed by atoms with Gasteiger partial charge in [-0.05, 0) is 54.4 Å². The lowest BCUT2D eigenvalue weighted by atomic mass is 10.0. The second-order valence-electron chi connectivity index (χ2n) is 9.91. The Morgan fingerprint density at radius 3 is 2.27 bits per heavy atom. The van der Waals surface area contributed by atoms with E-state index in [9.17, 15) is 39.6 Å². The van der Waals surface area contributed by atoms with Crippen LogP contribution in [-0.2, 0) is 16.6 Å². The molecule has 0 atom stereocenters. The van der Waals surface area contributed by atoms with Gasteiger partial charge in [0.05, 0.1) is 25.0 Å². The minimum absolute atomic E-state index is 0.308. The number of carbonyl (C=O) groups excluding carboxylic acids is 1. The summed E-state index contributed by atoms with van der Waals surface area (Å²) < 4.78 is 111. The van der Waals surface area contributed by atoms with Crippen LogP contribution in [-0.4, -0.2) is 85.5 Å². The number of ether oxygens (including phenoxy) is 2. The van der Waals surface area contributed by atoms with Gasteiger partial charge in [-0.25, -0.2) is 13.1 Å². The lowest BCUT2D eigenvalue weighted by molar-refractivity contribution is -0.274. The summed E-state index contributed by atoms with van der Waals surface area (Å²) >= 11 is 0. The van der Waals surface area contributed by atoms with E-state index in [1.807, 2.05) is 9.80 Å². The second kappa shape index (κ2) is 13.8. The molecule has 0 saturated carbocycles. The normalized spacial score (nSPS) is 14.7. The van der Waals surface area contributed by atoms with E-state index in [0.717, 1.165) is 0 Å². The number of nitrogens with one attached hydrogen (secondary N) is 1. The number of benzene rings is 1. The number of halogens is 6. The highest BCUT2D eigenvalue weighted by molar-refractivity contribution is 7.90. The summed E-state index contributed by atoms with van der Waals surface area (Å²) in [6.45, 7) is 4.36. The zero-order valence-corrected chi connectivity index (χ0v) is 24.5. The maximum absolute atomic E-state index is 13.1. The van der Waals surface area contributed by atoms with E-state index in [2.05, 4.69) is 19.9 Å². The van der Waals surface area contributed by atoms with Crippen LogP contribution in [0.5, 0.6) is 11.5 Å². The number of rotatable bonds is 11. The third-order valence-electron chi connectivity index (χ3n) is 6.45. The number of hydrogen-bond donors (Lipinski definition) is 1. The molecule has 0 unspecified atom stereocenters. The van der Waals surface area contributed by atoms with Crippen molar-refractivity contribution in [2.75, 3.05) is 43.4 Å². The Kier molecular flexibility index (Phi) is 10.4. The summed E-state index contributed by atoms with van der Waals surface area (Å²) in [5, 5.41) is 7.65. The van der Waals surface area contributed by atoms with Gasteiger partial charge in [-0.1, -0.05) is 0 Å². The predicted molar refractivity (Wildman–Crippen MR) is 149 cm³/mol. The molecule has 0 aliphatic carbocycles. The van der Waals surface area contributed by atoms with Crippen LogP contribution in [0.1, 0.15) is 29.4 Å². The van der Waals surface area contributed by atoms with Gasteiger partial charge in [-0.3, -0.25) is 14.7 Å². The van der Waals surface area contributed by atoms with E-state index in [1.54, 1.807) is 23.8 Å². The number of hydrogen-bond acceptors (Lipinski definition) is 10. The Labute approximate surface area is 254 Å². The molecule has 0 spiro atoms. The van der Waals surface area contributed by atoms with Gasteiger partial charge < -0.3 is 14.4 Å². The summed E-state index contributed by atoms with van der Waals surface area (Å²) in [4.78, 5) is 20.1. The predicted octanol–water partition coefficient (Wildman–Crippen LogP) is 4.17. The molecule has 2 aromatic heterocycles. The molecule has 1 aliphatic heterocycles. The van der Waals surface area contributed by atoms with Crippen molar-refractivity contribution in [3.8, 4) is 22.6 Å². The SMILES string of the molecule is CCOc1cncc(-c2cc(CN3CCN(c4ccc(C(=O)NS(=O)(=O)CCC(F)(F)F)nn4)CC3)cc(OC(F)(F)F)c2)c1. The van der Waals surface area contributed by atoms with Crippen molar-refractivity contribution in [3.05, 3.63) is 60.0 Å². The smallest absolute Gasteiger partial charge is 0.492 e. The number of amides is 1. The molecule has 1 saturated heterocycles. The van der Waals surface area contributed by atoms with Gasteiger partial charge in [0.2, 0.25) is 10.0 Å². The fourth-order valence-corrected chi connectivity index (χ4v) is 5.43. The van der Waals surface area contributed by atoms with E-state index >= 15 is 0 Å². The van der Waals surface area contributed by atoms with Crippen LogP contribution in [0.4, 0.5) is 32.2 Å². The minimum Gasteiger partial charge on any atom is -0.492 e. The number of anilines is 1. The maximum Gasteiger partial charge on any atom is 0.573 e. The first kappa shape index (κ1) is 33.7. The first-order chi connectivity index (χ1) is 21.1. The third kappa shape index (κ3) is 10.4. The molecule has 1 amide bonds. The summed E-state index contributed by atoms with van der Waals surface area (Å²) in [6.07, 6.45) is -8.18. The van der Waals surface area contributed by atoms with E-state index in [-0.39, 0.29) is 5.75 Å². The minimum atomic E-state index is -4.88. The first-order valence-electron chi connectivity index (χ1n) is 13.5. The average Bonchev–Trinajstić information content (AvgIpc) is 2.95. The van der Waals surface area contributed by atoms with Gasteiger partial charge in [0.15, 0.2) is 11.5 Å². The molecule has 11 nitrogen and oxygen atoms in total. The van der Waals surface area contributed by atoms with Crippen molar-refractivity contribution in [2.45, 2.75) is 32.4 Å². The molecular formula is C27H28F6N6O5S. The van der Waals surface area contributed by atoms with Crippen molar-refractivity contribution < 1.29 is 49.0 Å². The molecule has 1 aliphatic rings. The number of alkyl halides is 6. The molecule has 4 rings (SSSR count). The van der Waals surface area contributed by atoms with Crippen molar-refractivity contribution in [1.82, 2.24) is 24.8 Å². The van der Waals surface area contributed by atoms with E-state index in [0.29, 0.717) is 67.6 Å². The number of pyridine rings is 1. The lowest BCUT2D eigenvalue weighted by Gasteiger charge is -2.35. The van der Waals surface area contributed by atoms with Gasteiger partial charge in [0.25, 0.3) is 5.91 Å². The molecule has 45 heavy (non-hydrogen) atoms. The number of aromatic nitrogens is 3. The van der Waals surface area contributed by atoms with Gasteiger partial charge in [-0.15, -0.1) is 23.4 Å². The van der Waals surface area contributed by atoms with E-state index < -0.39 is 46.3 Å². The highest BCUT2D eigenvalue weighted by atomic mass is 32.2. The first-order valence-corrected chi connectivity index (χ1v) is 15.1. The van der Waals surface area contributed by atoms with Crippen molar-refractivity contribution in [2.24, 2.45) is 0 Å². The summed E-state index contributed by atoms with van der Waals surface area (Å²) in [5.74, 6) is -2.05. The van der Waals surface area contributed by atoms with Crippen molar-refractivity contribution in [3.63, 3.8) is 0 Å². The number of piperazine rings is 1. The molecular weight excluding hydrogens is 634 g/mol. The summed E-state index contributed by atoms with van der Waals surface area (Å²) in [7, 11) is -4.54. The zero-order valence-electron chi connectivity index (χ0n) is 23.7. The van der Waals surface area contributed by atoms with Gasteiger partial charge in [0, 0.05) is 44.5 Å². The van der Waals surface area contributed by atoms with E-state index in [1.165, 1.54) is 36.7 Å². The molecule has 0 bridgehead atoms. The van der Waals surface area contributed by atoms with Crippen molar-refractivity contribution in [1.29, 1.82) is 0 Å². The summed E-state index contributed by atoms with van der Waals surface area (Å²) in [5.41, 5.74) is 1.19. The molecule has 1 aromatic carbocycles. The highest BCUT2D eigenvalue weighted by Crippen LogP contribution is 2.32. The van der Waals surface area contributed by atoms with Crippen LogP contribution < -0.4 is 19.1 Å². The fourth-order valence-electron chi connectivity index (χ4n) is 4.44. The monoisotopic (exact) mass is 662 g/mol. The van der Waals surface area contributed by atoms with Gasteiger partial charge >= 0.3 is 12.5 Å². The molecule has 3 aromatic rings. The Hall–Kier alpha value is -4.19. The molecule has 244 valence electrons. The number of nitrogens with zero attached hydrogens (tertiary/aromatic N) is 5. The van der Waals surface area contributed by atoms with Crippen LogP contribution >= 0.6 is 0 Å². The Morgan fingerprint density at radius 1 is 0.933 bits per heavy atom. The largest absolute Gasteiger partial charge is 0.573 e. The summed E-state index contributed by atoms with van der Waals surface area (Å²) in [6, 6.07) is 8.65. The van der Waals surface area contributed by atoms with Crippen LogP contribution in [0.15, 0.2) is 48.8 Å². The van der Waals surface area contributed by atoms with Crippen molar-refractivity contribution >= 4 is 21.7 Å².